The van der Waals surface area contributed by atoms with Gasteiger partial charge >= 0.3 is 0 Å². The quantitative estimate of drug-likeness (QED) is 0.605. The molecule has 0 saturated carbocycles. The molecule has 72 valence electrons. The van der Waals surface area contributed by atoms with E-state index in [4.69, 9.17) is 0 Å². The first kappa shape index (κ1) is 8.79. The first-order valence-electron chi connectivity index (χ1n) is 5.37. The van der Waals surface area contributed by atoms with E-state index in [1.165, 1.54) is 31.4 Å². The van der Waals surface area contributed by atoms with Crippen molar-refractivity contribution in [3.8, 4) is 0 Å². The van der Waals surface area contributed by atoms with Gasteiger partial charge in [0.25, 0.3) is 0 Å². The molecule has 1 heterocycles. The SMILES string of the molecule is O=C1CCCN1C1=CCCCCC1. The number of allylic oxidation sites excluding steroid dienone is 2. The van der Waals surface area contributed by atoms with Crippen LogP contribution in [0.25, 0.3) is 0 Å². The molecule has 1 amide bonds. The lowest BCUT2D eigenvalue weighted by Crippen LogP contribution is -2.23. The van der Waals surface area contributed by atoms with Crippen LogP contribution in [0.15, 0.2) is 11.8 Å². The van der Waals surface area contributed by atoms with E-state index in [0.29, 0.717) is 5.91 Å². The van der Waals surface area contributed by atoms with Crippen molar-refractivity contribution in [3.63, 3.8) is 0 Å². The summed E-state index contributed by atoms with van der Waals surface area (Å²) in [6.45, 7) is 0.963. The highest BCUT2D eigenvalue weighted by atomic mass is 16.2. The Labute approximate surface area is 79.6 Å². The Morgan fingerprint density at radius 2 is 2.00 bits per heavy atom. The summed E-state index contributed by atoms with van der Waals surface area (Å²) in [4.78, 5) is 13.5. The Kier molecular flexibility index (Phi) is 2.67. The summed E-state index contributed by atoms with van der Waals surface area (Å²) >= 11 is 0. The van der Waals surface area contributed by atoms with Crippen LogP contribution in [-0.2, 0) is 4.79 Å². The summed E-state index contributed by atoms with van der Waals surface area (Å²) in [5, 5.41) is 0. The van der Waals surface area contributed by atoms with Gasteiger partial charge in [-0.15, -0.1) is 0 Å². The zero-order chi connectivity index (χ0) is 9.10. The minimum absolute atomic E-state index is 0.341. The molecule has 1 saturated heterocycles. The second-order valence-electron chi connectivity index (χ2n) is 3.94. The van der Waals surface area contributed by atoms with Gasteiger partial charge in [-0.25, -0.2) is 0 Å². The maximum absolute atomic E-state index is 11.5. The molecule has 2 nitrogen and oxygen atoms in total. The van der Waals surface area contributed by atoms with Crippen LogP contribution in [0.5, 0.6) is 0 Å². The zero-order valence-corrected chi connectivity index (χ0v) is 8.09. The number of likely N-dealkylation sites (tertiary alicyclic amines) is 1. The second-order valence-corrected chi connectivity index (χ2v) is 3.94. The maximum atomic E-state index is 11.5. The Bertz CT molecular complexity index is 232. The summed E-state index contributed by atoms with van der Waals surface area (Å²) < 4.78 is 0. The Balaban J connectivity index is 2.05. The van der Waals surface area contributed by atoms with E-state index in [0.717, 1.165) is 25.8 Å². The zero-order valence-electron chi connectivity index (χ0n) is 8.09. The third kappa shape index (κ3) is 1.93. The van der Waals surface area contributed by atoms with Crippen LogP contribution in [0.1, 0.15) is 44.9 Å². The van der Waals surface area contributed by atoms with E-state index in [9.17, 15) is 4.79 Å². The molecule has 0 spiro atoms. The standard InChI is InChI=1S/C11H17NO/c13-11-8-5-9-12(11)10-6-3-1-2-4-7-10/h6H,1-5,7-9H2. The molecule has 0 N–H and O–H groups in total. The third-order valence-corrected chi connectivity index (χ3v) is 2.94. The van der Waals surface area contributed by atoms with Gasteiger partial charge in [0.2, 0.25) is 5.91 Å². The highest BCUT2D eigenvalue weighted by molar-refractivity contribution is 5.79. The summed E-state index contributed by atoms with van der Waals surface area (Å²) in [5.41, 5.74) is 1.31. The molecule has 0 aromatic heterocycles. The third-order valence-electron chi connectivity index (χ3n) is 2.94. The Morgan fingerprint density at radius 3 is 2.77 bits per heavy atom. The highest BCUT2D eigenvalue weighted by Gasteiger charge is 2.23. The van der Waals surface area contributed by atoms with Crippen molar-refractivity contribution in [1.29, 1.82) is 0 Å². The average Bonchev–Trinajstić information content (AvgIpc) is 2.43. The van der Waals surface area contributed by atoms with Gasteiger partial charge < -0.3 is 4.90 Å². The highest BCUT2D eigenvalue weighted by Crippen LogP contribution is 2.24. The van der Waals surface area contributed by atoms with Gasteiger partial charge in [-0.2, -0.15) is 0 Å². The van der Waals surface area contributed by atoms with E-state index in [1.54, 1.807) is 0 Å². The molecule has 13 heavy (non-hydrogen) atoms. The van der Waals surface area contributed by atoms with Crippen molar-refractivity contribution in [2.24, 2.45) is 0 Å². The summed E-state index contributed by atoms with van der Waals surface area (Å²) in [7, 11) is 0. The molecular weight excluding hydrogens is 162 g/mol. The number of carbonyl (C=O) groups excluding carboxylic acids is 1. The van der Waals surface area contributed by atoms with Crippen LogP contribution in [0.4, 0.5) is 0 Å². The van der Waals surface area contributed by atoms with Crippen molar-refractivity contribution in [3.05, 3.63) is 11.8 Å². The Hall–Kier alpha value is -0.790. The predicted molar refractivity (Wildman–Crippen MR) is 52.1 cm³/mol. The van der Waals surface area contributed by atoms with Crippen molar-refractivity contribution in [2.45, 2.75) is 44.9 Å². The molecule has 0 radical (unpaired) electrons. The molecule has 0 unspecified atom stereocenters. The maximum Gasteiger partial charge on any atom is 0.226 e. The lowest BCUT2D eigenvalue weighted by molar-refractivity contribution is -0.126. The lowest BCUT2D eigenvalue weighted by Gasteiger charge is -2.18. The van der Waals surface area contributed by atoms with Crippen LogP contribution < -0.4 is 0 Å². The fourth-order valence-electron chi connectivity index (χ4n) is 2.19. The molecule has 1 aliphatic heterocycles. The van der Waals surface area contributed by atoms with E-state index >= 15 is 0 Å². The van der Waals surface area contributed by atoms with Gasteiger partial charge in [0.15, 0.2) is 0 Å². The monoisotopic (exact) mass is 179 g/mol. The first-order valence-corrected chi connectivity index (χ1v) is 5.37. The average molecular weight is 179 g/mol. The number of amides is 1. The van der Waals surface area contributed by atoms with E-state index in [-0.39, 0.29) is 0 Å². The number of hydrogen-bond acceptors (Lipinski definition) is 1. The van der Waals surface area contributed by atoms with Crippen LogP contribution >= 0.6 is 0 Å². The Morgan fingerprint density at radius 1 is 1.08 bits per heavy atom. The summed E-state index contributed by atoms with van der Waals surface area (Å²) in [6, 6.07) is 0. The molecule has 2 heteroatoms. The number of carbonyl (C=O) groups is 1. The van der Waals surface area contributed by atoms with E-state index in [2.05, 4.69) is 6.08 Å². The van der Waals surface area contributed by atoms with Gasteiger partial charge in [0.05, 0.1) is 0 Å². The molecule has 2 aliphatic rings. The van der Waals surface area contributed by atoms with E-state index in [1.807, 2.05) is 4.90 Å². The van der Waals surface area contributed by atoms with Gasteiger partial charge in [0.1, 0.15) is 0 Å². The number of rotatable bonds is 1. The molecular formula is C11H17NO. The van der Waals surface area contributed by atoms with Gasteiger partial charge in [-0.05, 0) is 32.1 Å². The minimum Gasteiger partial charge on any atom is -0.317 e. The smallest absolute Gasteiger partial charge is 0.226 e. The molecule has 0 aromatic rings. The first-order chi connectivity index (χ1) is 6.38. The predicted octanol–water partition coefficient (Wildman–Crippen LogP) is 2.46. The fraction of sp³-hybridized carbons (Fsp3) is 0.727. The topological polar surface area (TPSA) is 20.3 Å². The van der Waals surface area contributed by atoms with Gasteiger partial charge in [0, 0.05) is 18.7 Å². The summed E-state index contributed by atoms with van der Waals surface area (Å²) in [5.74, 6) is 0.341. The number of nitrogens with zero attached hydrogens (tertiary/aromatic N) is 1. The second kappa shape index (κ2) is 3.95. The van der Waals surface area contributed by atoms with Crippen molar-refractivity contribution in [1.82, 2.24) is 4.90 Å². The number of hydrogen-bond donors (Lipinski definition) is 0. The fourth-order valence-corrected chi connectivity index (χ4v) is 2.19. The van der Waals surface area contributed by atoms with Crippen LogP contribution in [0.2, 0.25) is 0 Å². The van der Waals surface area contributed by atoms with Crippen molar-refractivity contribution >= 4 is 5.91 Å². The van der Waals surface area contributed by atoms with Crippen LogP contribution in [0.3, 0.4) is 0 Å². The molecule has 1 aliphatic carbocycles. The largest absolute Gasteiger partial charge is 0.317 e. The molecule has 0 aromatic carbocycles. The van der Waals surface area contributed by atoms with Gasteiger partial charge in [-0.3, -0.25) is 4.79 Å². The molecule has 1 fully saturated rings. The molecule has 0 bridgehead atoms. The minimum atomic E-state index is 0.341. The normalized spacial score (nSPS) is 24.5. The molecule has 2 rings (SSSR count). The van der Waals surface area contributed by atoms with E-state index < -0.39 is 0 Å². The summed E-state index contributed by atoms with van der Waals surface area (Å²) in [6.07, 6.45) is 10.2. The molecule has 0 atom stereocenters. The van der Waals surface area contributed by atoms with Crippen LogP contribution in [-0.4, -0.2) is 17.4 Å². The van der Waals surface area contributed by atoms with Crippen molar-refractivity contribution < 1.29 is 4.79 Å². The van der Waals surface area contributed by atoms with Crippen molar-refractivity contribution in [2.75, 3.05) is 6.54 Å². The van der Waals surface area contributed by atoms with Crippen LogP contribution in [0, 0.1) is 0 Å². The lowest BCUT2D eigenvalue weighted by atomic mass is 10.2. The van der Waals surface area contributed by atoms with Gasteiger partial charge in [-0.1, -0.05) is 12.5 Å².